The predicted octanol–water partition coefficient (Wildman–Crippen LogP) is 3.40. The van der Waals surface area contributed by atoms with Gasteiger partial charge in [-0.1, -0.05) is 24.6 Å². The van der Waals surface area contributed by atoms with Crippen molar-refractivity contribution in [2.24, 2.45) is 0 Å². The summed E-state index contributed by atoms with van der Waals surface area (Å²) in [4.78, 5) is 4.46. The van der Waals surface area contributed by atoms with Gasteiger partial charge < -0.3 is 4.57 Å². The van der Waals surface area contributed by atoms with E-state index < -0.39 is 0 Å². The molecule has 2 nitrogen and oxygen atoms in total. The molecule has 15 heavy (non-hydrogen) atoms. The van der Waals surface area contributed by atoms with Gasteiger partial charge in [-0.05, 0) is 31.5 Å². The highest BCUT2D eigenvalue weighted by molar-refractivity contribution is 6.30. The number of benzene rings is 1. The summed E-state index contributed by atoms with van der Waals surface area (Å²) in [6.07, 6.45) is 3.01. The third-order valence-corrected chi connectivity index (χ3v) is 2.62. The molecule has 2 rings (SSSR count). The Balaban J connectivity index is 2.48. The molecule has 0 N–H and O–H groups in total. The molecule has 0 aliphatic carbocycles. The second kappa shape index (κ2) is 4.07. The third kappa shape index (κ3) is 2.05. The lowest BCUT2D eigenvalue weighted by atomic mass is 10.3. The van der Waals surface area contributed by atoms with Crippen molar-refractivity contribution >= 4 is 11.6 Å². The van der Waals surface area contributed by atoms with Crippen LogP contribution >= 0.6 is 11.6 Å². The van der Waals surface area contributed by atoms with Gasteiger partial charge in [0, 0.05) is 16.9 Å². The average molecular weight is 221 g/mol. The van der Waals surface area contributed by atoms with Gasteiger partial charge in [0.05, 0.1) is 5.69 Å². The van der Waals surface area contributed by atoms with E-state index in [1.807, 2.05) is 31.2 Å². The molecule has 1 aromatic carbocycles. The van der Waals surface area contributed by atoms with Gasteiger partial charge in [-0.2, -0.15) is 0 Å². The first-order valence-electron chi connectivity index (χ1n) is 5.01. The van der Waals surface area contributed by atoms with Gasteiger partial charge in [0.25, 0.3) is 0 Å². The Morgan fingerprint density at radius 2 is 2.20 bits per heavy atom. The van der Waals surface area contributed by atoms with E-state index in [2.05, 4.69) is 22.7 Å². The lowest BCUT2D eigenvalue weighted by Crippen LogP contribution is -1.94. The van der Waals surface area contributed by atoms with Crippen molar-refractivity contribution in [3.05, 3.63) is 47.0 Å². The van der Waals surface area contributed by atoms with Gasteiger partial charge in [-0.3, -0.25) is 0 Å². The molecule has 78 valence electrons. The van der Waals surface area contributed by atoms with Crippen molar-refractivity contribution in [2.45, 2.75) is 20.3 Å². The van der Waals surface area contributed by atoms with Gasteiger partial charge in [0.1, 0.15) is 5.82 Å². The SMILES string of the molecule is CCc1cn(-c2cccc(Cl)c2)c(C)n1. The van der Waals surface area contributed by atoms with Crippen molar-refractivity contribution in [3.8, 4) is 5.69 Å². The number of rotatable bonds is 2. The first-order valence-corrected chi connectivity index (χ1v) is 5.39. The fourth-order valence-electron chi connectivity index (χ4n) is 1.59. The zero-order chi connectivity index (χ0) is 10.8. The maximum Gasteiger partial charge on any atom is 0.110 e. The number of aromatic nitrogens is 2. The summed E-state index contributed by atoms with van der Waals surface area (Å²) in [6, 6.07) is 7.79. The standard InChI is InChI=1S/C12H13ClN2/c1-3-11-8-15(9(2)14-11)12-6-4-5-10(13)7-12/h4-8H,3H2,1-2H3. The molecule has 0 amide bonds. The summed E-state index contributed by atoms with van der Waals surface area (Å²) in [6.45, 7) is 4.10. The van der Waals surface area contributed by atoms with Crippen LogP contribution in [0.1, 0.15) is 18.4 Å². The second-order valence-electron chi connectivity index (χ2n) is 3.48. The van der Waals surface area contributed by atoms with E-state index >= 15 is 0 Å². The quantitative estimate of drug-likeness (QED) is 0.759. The maximum absolute atomic E-state index is 5.95. The van der Waals surface area contributed by atoms with Crippen LogP contribution in [-0.4, -0.2) is 9.55 Å². The zero-order valence-corrected chi connectivity index (χ0v) is 9.62. The molecule has 1 heterocycles. The van der Waals surface area contributed by atoms with E-state index in [9.17, 15) is 0 Å². The zero-order valence-electron chi connectivity index (χ0n) is 8.87. The van der Waals surface area contributed by atoms with Crippen molar-refractivity contribution in [1.82, 2.24) is 9.55 Å². The lowest BCUT2D eigenvalue weighted by molar-refractivity contribution is 0.972. The smallest absolute Gasteiger partial charge is 0.110 e. The van der Waals surface area contributed by atoms with Crippen molar-refractivity contribution in [3.63, 3.8) is 0 Å². The molecule has 0 saturated heterocycles. The third-order valence-electron chi connectivity index (χ3n) is 2.38. The summed E-state index contributed by atoms with van der Waals surface area (Å²) in [5.74, 6) is 0.995. The van der Waals surface area contributed by atoms with Crippen molar-refractivity contribution < 1.29 is 0 Å². The Morgan fingerprint density at radius 3 is 2.80 bits per heavy atom. The molecular formula is C12H13ClN2. The summed E-state index contributed by atoms with van der Waals surface area (Å²) < 4.78 is 2.06. The minimum Gasteiger partial charge on any atom is -0.304 e. The van der Waals surface area contributed by atoms with Crippen LogP contribution in [0.2, 0.25) is 5.02 Å². The van der Waals surface area contributed by atoms with Crippen LogP contribution in [0.15, 0.2) is 30.5 Å². The number of hydrogen-bond acceptors (Lipinski definition) is 1. The summed E-state index contributed by atoms with van der Waals surface area (Å²) >= 11 is 5.95. The molecular weight excluding hydrogens is 208 g/mol. The minimum absolute atomic E-state index is 0.749. The normalized spacial score (nSPS) is 10.6. The van der Waals surface area contributed by atoms with Crippen molar-refractivity contribution in [1.29, 1.82) is 0 Å². The summed E-state index contributed by atoms with van der Waals surface area (Å²) in [5.41, 5.74) is 2.17. The average Bonchev–Trinajstić information content (AvgIpc) is 2.60. The Hall–Kier alpha value is -1.28. The van der Waals surface area contributed by atoms with Gasteiger partial charge in [-0.15, -0.1) is 0 Å². The Morgan fingerprint density at radius 1 is 1.40 bits per heavy atom. The van der Waals surface area contributed by atoms with E-state index in [-0.39, 0.29) is 0 Å². The summed E-state index contributed by atoms with van der Waals surface area (Å²) in [5, 5.41) is 0.749. The largest absolute Gasteiger partial charge is 0.304 e. The monoisotopic (exact) mass is 220 g/mol. The molecule has 0 fully saturated rings. The van der Waals surface area contributed by atoms with E-state index in [0.717, 1.165) is 28.6 Å². The predicted molar refractivity (Wildman–Crippen MR) is 62.7 cm³/mol. The van der Waals surface area contributed by atoms with Crippen LogP contribution in [-0.2, 0) is 6.42 Å². The fourth-order valence-corrected chi connectivity index (χ4v) is 1.78. The molecule has 0 unspecified atom stereocenters. The molecule has 3 heteroatoms. The molecule has 0 atom stereocenters. The van der Waals surface area contributed by atoms with E-state index in [1.165, 1.54) is 0 Å². The first kappa shape index (κ1) is 10.2. The number of halogens is 1. The van der Waals surface area contributed by atoms with Crippen LogP contribution in [0, 0.1) is 6.92 Å². The fraction of sp³-hybridized carbons (Fsp3) is 0.250. The van der Waals surface area contributed by atoms with Crippen LogP contribution in [0.25, 0.3) is 5.69 Å². The number of imidazole rings is 1. The molecule has 0 aliphatic rings. The van der Waals surface area contributed by atoms with Gasteiger partial charge in [0.15, 0.2) is 0 Å². The van der Waals surface area contributed by atoms with E-state index in [4.69, 9.17) is 11.6 Å². The Labute approximate surface area is 94.5 Å². The summed E-state index contributed by atoms with van der Waals surface area (Å²) in [7, 11) is 0. The number of hydrogen-bond donors (Lipinski definition) is 0. The highest BCUT2D eigenvalue weighted by atomic mass is 35.5. The first-order chi connectivity index (χ1) is 7.20. The van der Waals surface area contributed by atoms with Gasteiger partial charge in [0.2, 0.25) is 0 Å². The van der Waals surface area contributed by atoms with Crippen LogP contribution in [0.3, 0.4) is 0 Å². The topological polar surface area (TPSA) is 17.8 Å². The van der Waals surface area contributed by atoms with Crippen molar-refractivity contribution in [2.75, 3.05) is 0 Å². The van der Waals surface area contributed by atoms with E-state index in [0.29, 0.717) is 0 Å². The van der Waals surface area contributed by atoms with Crippen LogP contribution in [0.4, 0.5) is 0 Å². The highest BCUT2D eigenvalue weighted by Gasteiger charge is 2.04. The maximum atomic E-state index is 5.95. The second-order valence-corrected chi connectivity index (χ2v) is 3.92. The Kier molecular flexibility index (Phi) is 2.78. The molecule has 0 bridgehead atoms. The highest BCUT2D eigenvalue weighted by Crippen LogP contribution is 2.17. The molecule has 0 radical (unpaired) electrons. The molecule has 1 aromatic heterocycles. The number of nitrogens with zero attached hydrogens (tertiary/aromatic N) is 2. The molecule has 0 saturated carbocycles. The van der Waals surface area contributed by atoms with E-state index in [1.54, 1.807) is 0 Å². The lowest BCUT2D eigenvalue weighted by Gasteiger charge is -2.04. The van der Waals surface area contributed by atoms with Crippen LogP contribution < -0.4 is 0 Å². The van der Waals surface area contributed by atoms with Crippen LogP contribution in [0.5, 0.6) is 0 Å². The van der Waals surface area contributed by atoms with Gasteiger partial charge in [-0.25, -0.2) is 4.98 Å². The minimum atomic E-state index is 0.749. The number of aryl methyl sites for hydroxylation is 2. The molecule has 0 spiro atoms. The molecule has 0 aliphatic heterocycles. The Bertz CT molecular complexity index is 474. The van der Waals surface area contributed by atoms with Gasteiger partial charge >= 0.3 is 0 Å². The molecule has 2 aromatic rings.